The summed E-state index contributed by atoms with van der Waals surface area (Å²) >= 11 is 3.37. The molecule has 0 aliphatic carbocycles. The van der Waals surface area contributed by atoms with E-state index in [0.717, 1.165) is 12.1 Å². The molecule has 1 heterocycles. The summed E-state index contributed by atoms with van der Waals surface area (Å²) in [5, 5.41) is 2.47. The second-order valence-electron chi connectivity index (χ2n) is 5.51. The monoisotopic (exact) mass is 427 g/mol. The Kier molecular flexibility index (Phi) is 4.70. The number of rotatable bonds is 3. The summed E-state index contributed by atoms with van der Waals surface area (Å²) < 4.78 is 49.6. The van der Waals surface area contributed by atoms with Crippen LogP contribution < -0.4 is 14.8 Å². The molecule has 136 valence electrons. The first-order valence-electron chi connectivity index (χ1n) is 7.40. The van der Waals surface area contributed by atoms with Crippen LogP contribution >= 0.6 is 15.9 Å². The van der Waals surface area contributed by atoms with E-state index in [1.54, 1.807) is 18.2 Å². The van der Waals surface area contributed by atoms with Crippen LogP contribution in [0.2, 0.25) is 0 Å². The van der Waals surface area contributed by atoms with Crippen molar-refractivity contribution in [1.29, 1.82) is 0 Å². The van der Waals surface area contributed by atoms with Gasteiger partial charge in [-0.3, -0.25) is 4.79 Å². The van der Waals surface area contributed by atoms with E-state index in [-0.39, 0.29) is 11.3 Å². The zero-order valence-electron chi connectivity index (χ0n) is 13.7. The van der Waals surface area contributed by atoms with E-state index in [1.807, 2.05) is 0 Å². The summed E-state index contributed by atoms with van der Waals surface area (Å²) in [5.74, 6) is 0.491. The van der Waals surface area contributed by atoms with Gasteiger partial charge in [0.25, 0.3) is 5.91 Å². The minimum atomic E-state index is -4.47. The highest BCUT2D eigenvalue weighted by molar-refractivity contribution is 9.10. The Bertz CT molecular complexity index is 923. The van der Waals surface area contributed by atoms with Gasteiger partial charge in [0.2, 0.25) is 0 Å². The normalized spacial score (nSPS) is 15.0. The van der Waals surface area contributed by atoms with Gasteiger partial charge >= 0.3 is 6.18 Å². The molecule has 0 fully saturated rings. The van der Waals surface area contributed by atoms with Crippen LogP contribution in [0.1, 0.15) is 16.7 Å². The number of carbonyl (C=O) groups excluding carboxylic acids is 1. The van der Waals surface area contributed by atoms with Crippen molar-refractivity contribution in [1.82, 2.24) is 0 Å². The third-order valence-electron chi connectivity index (χ3n) is 3.90. The molecule has 2 aromatic rings. The lowest BCUT2D eigenvalue weighted by atomic mass is 10.0. The lowest BCUT2D eigenvalue weighted by molar-refractivity contribution is -0.137. The molecule has 26 heavy (non-hydrogen) atoms. The van der Waals surface area contributed by atoms with Gasteiger partial charge in [-0.05, 0) is 51.8 Å². The number of carbonyl (C=O) groups is 1. The van der Waals surface area contributed by atoms with Gasteiger partial charge in [0.1, 0.15) is 0 Å². The molecule has 0 aromatic heterocycles. The van der Waals surface area contributed by atoms with Gasteiger partial charge in [-0.2, -0.15) is 13.2 Å². The molecular formula is C18H13BrF3NO3. The minimum Gasteiger partial charge on any atom is -0.493 e. The van der Waals surface area contributed by atoms with E-state index in [2.05, 4.69) is 21.2 Å². The van der Waals surface area contributed by atoms with Crippen molar-refractivity contribution in [3.63, 3.8) is 0 Å². The molecule has 1 aliphatic heterocycles. The average Bonchev–Trinajstić information content (AvgIpc) is 2.88. The number of ether oxygens (including phenoxy) is 2. The number of benzene rings is 2. The maximum atomic E-state index is 12.8. The Hall–Kier alpha value is -2.48. The molecule has 1 N–H and O–H groups in total. The van der Waals surface area contributed by atoms with Crippen LogP contribution in [0.15, 0.2) is 34.8 Å². The third kappa shape index (κ3) is 3.29. The predicted octanol–water partition coefficient (Wildman–Crippen LogP) is 4.98. The molecule has 0 radical (unpaired) electrons. The highest BCUT2D eigenvalue weighted by Gasteiger charge is 2.33. The summed E-state index contributed by atoms with van der Waals surface area (Å²) in [6, 6.07) is 6.57. The van der Waals surface area contributed by atoms with Crippen LogP contribution in [0.3, 0.4) is 0 Å². The first kappa shape index (κ1) is 18.3. The Morgan fingerprint density at radius 3 is 2.46 bits per heavy atom. The van der Waals surface area contributed by atoms with Gasteiger partial charge in [-0.1, -0.05) is 6.07 Å². The number of hydrogen-bond donors (Lipinski definition) is 1. The topological polar surface area (TPSA) is 47.6 Å². The molecule has 0 bridgehead atoms. The van der Waals surface area contributed by atoms with E-state index >= 15 is 0 Å². The second-order valence-corrected chi connectivity index (χ2v) is 6.36. The molecule has 2 aromatic carbocycles. The Labute approximate surface area is 155 Å². The summed E-state index contributed by atoms with van der Waals surface area (Å²) in [5.41, 5.74) is 0.636. The molecule has 0 atom stereocenters. The molecule has 0 unspecified atom stereocenters. The quantitative estimate of drug-likeness (QED) is 0.702. The average molecular weight is 428 g/mol. The van der Waals surface area contributed by atoms with Crippen molar-refractivity contribution in [2.45, 2.75) is 6.18 Å². The number of alkyl halides is 3. The largest absolute Gasteiger partial charge is 0.493 e. The number of hydrogen-bond acceptors (Lipinski definition) is 3. The Morgan fingerprint density at radius 2 is 1.85 bits per heavy atom. The standard InChI is InChI=1S/C18H13BrF3NO3/c1-25-15-7-9(6-13(19)16(15)26-2)5-12-11-4-3-10(18(20,21)22)8-14(11)23-17(12)24/h3-8H,1-2H3,(H,23,24)/b12-5-. The van der Waals surface area contributed by atoms with E-state index in [9.17, 15) is 18.0 Å². The summed E-state index contributed by atoms with van der Waals surface area (Å²) in [7, 11) is 2.98. The van der Waals surface area contributed by atoms with Crippen molar-refractivity contribution in [3.8, 4) is 11.5 Å². The molecule has 1 amide bonds. The smallest absolute Gasteiger partial charge is 0.416 e. The van der Waals surface area contributed by atoms with Crippen LogP contribution in [-0.4, -0.2) is 20.1 Å². The molecule has 0 saturated heterocycles. The number of halogens is 4. The molecule has 3 rings (SSSR count). The molecule has 0 saturated carbocycles. The van der Waals surface area contributed by atoms with Crippen LogP contribution in [0.4, 0.5) is 18.9 Å². The molecule has 1 aliphatic rings. The first-order chi connectivity index (χ1) is 12.2. The fourth-order valence-electron chi connectivity index (χ4n) is 2.70. The summed E-state index contributed by atoms with van der Waals surface area (Å²) in [6.07, 6.45) is -2.89. The van der Waals surface area contributed by atoms with E-state index in [0.29, 0.717) is 27.1 Å². The van der Waals surface area contributed by atoms with Crippen molar-refractivity contribution in [2.75, 3.05) is 19.5 Å². The lowest BCUT2D eigenvalue weighted by Gasteiger charge is -2.11. The lowest BCUT2D eigenvalue weighted by Crippen LogP contribution is -2.06. The van der Waals surface area contributed by atoms with E-state index in [4.69, 9.17) is 9.47 Å². The fraction of sp³-hybridized carbons (Fsp3) is 0.167. The number of fused-ring (bicyclic) bond motifs is 1. The van der Waals surface area contributed by atoms with Gasteiger partial charge in [-0.15, -0.1) is 0 Å². The van der Waals surface area contributed by atoms with Gasteiger partial charge in [0, 0.05) is 16.8 Å². The van der Waals surface area contributed by atoms with Crippen molar-refractivity contribution in [3.05, 3.63) is 51.5 Å². The Balaban J connectivity index is 2.07. The third-order valence-corrected chi connectivity index (χ3v) is 4.49. The zero-order valence-corrected chi connectivity index (χ0v) is 15.3. The second kappa shape index (κ2) is 6.68. The van der Waals surface area contributed by atoms with Crippen molar-refractivity contribution < 1.29 is 27.4 Å². The summed E-state index contributed by atoms with van der Waals surface area (Å²) in [6.45, 7) is 0. The molecular weight excluding hydrogens is 415 g/mol. The number of nitrogens with one attached hydrogen (secondary N) is 1. The van der Waals surface area contributed by atoms with Crippen LogP contribution in [0.5, 0.6) is 11.5 Å². The van der Waals surface area contributed by atoms with Crippen molar-refractivity contribution >= 4 is 39.2 Å². The zero-order chi connectivity index (χ0) is 19.1. The van der Waals surface area contributed by atoms with Crippen LogP contribution in [-0.2, 0) is 11.0 Å². The van der Waals surface area contributed by atoms with Crippen LogP contribution in [0.25, 0.3) is 11.6 Å². The summed E-state index contributed by atoms with van der Waals surface area (Å²) in [4.78, 5) is 12.2. The highest BCUT2D eigenvalue weighted by atomic mass is 79.9. The minimum absolute atomic E-state index is 0.135. The molecule has 0 spiro atoms. The van der Waals surface area contributed by atoms with Crippen LogP contribution in [0, 0.1) is 0 Å². The van der Waals surface area contributed by atoms with Gasteiger partial charge in [0.05, 0.1) is 24.3 Å². The number of amides is 1. The maximum Gasteiger partial charge on any atom is 0.416 e. The van der Waals surface area contributed by atoms with Gasteiger partial charge in [-0.25, -0.2) is 0 Å². The van der Waals surface area contributed by atoms with E-state index < -0.39 is 17.6 Å². The predicted molar refractivity (Wildman–Crippen MR) is 95.2 cm³/mol. The highest BCUT2D eigenvalue weighted by Crippen LogP contribution is 2.40. The molecule has 4 nitrogen and oxygen atoms in total. The first-order valence-corrected chi connectivity index (χ1v) is 8.20. The fourth-order valence-corrected chi connectivity index (χ4v) is 3.32. The van der Waals surface area contributed by atoms with E-state index in [1.165, 1.54) is 20.3 Å². The Morgan fingerprint density at radius 1 is 1.12 bits per heavy atom. The van der Waals surface area contributed by atoms with Gasteiger partial charge < -0.3 is 14.8 Å². The van der Waals surface area contributed by atoms with Gasteiger partial charge in [0.15, 0.2) is 11.5 Å². The SMILES string of the molecule is COc1cc(/C=C2\C(=O)Nc3cc(C(F)(F)F)ccc32)cc(Br)c1OC. The molecule has 8 heteroatoms. The number of anilines is 1. The van der Waals surface area contributed by atoms with Crippen molar-refractivity contribution in [2.24, 2.45) is 0 Å². The number of methoxy groups -OCH3 is 2. The maximum absolute atomic E-state index is 12.8.